The maximum Gasteiger partial charge on any atom is 0.256 e. The molecule has 2 aromatic rings. The Morgan fingerprint density at radius 2 is 2.27 bits per heavy atom. The van der Waals surface area contributed by atoms with Crippen molar-refractivity contribution < 1.29 is 14.1 Å². The van der Waals surface area contributed by atoms with Crippen molar-refractivity contribution in [1.29, 1.82) is 0 Å². The third-order valence-corrected chi connectivity index (χ3v) is 5.04. The van der Waals surface area contributed by atoms with Crippen LogP contribution in [0.4, 0.5) is 0 Å². The molecule has 1 amide bonds. The topological polar surface area (TPSA) is 81.4 Å². The molecule has 7 nitrogen and oxygen atoms in total. The number of carbonyl (C=O) groups excluding carboxylic acids is 1. The summed E-state index contributed by atoms with van der Waals surface area (Å²) in [5, 5.41) is 4.06. The summed E-state index contributed by atoms with van der Waals surface area (Å²) in [6.45, 7) is 3.99. The van der Waals surface area contributed by atoms with E-state index in [4.69, 9.17) is 9.26 Å². The molecule has 1 aliphatic heterocycles. The highest BCUT2D eigenvalue weighted by atomic mass is 16.5. The fourth-order valence-corrected chi connectivity index (χ4v) is 3.33. The first-order valence-electron chi connectivity index (χ1n) is 9.35. The highest BCUT2D eigenvalue weighted by molar-refractivity contribution is 5.95. The summed E-state index contributed by atoms with van der Waals surface area (Å²) in [6, 6.07) is 3.45. The fourth-order valence-electron chi connectivity index (χ4n) is 3.33. The van der Waals surface area contributed by atoms with E-state index in [1.807, 2.05) is 17.9 Å². The van der Waals surface area contributed by atoms with E-state index >= 15 is 0 Å². The Morgan fingerprint density at radius 3 is 3.08 bits per heavy atom. The van der Waals surface area contributed by atoms with Crippen molar-refractivity contribution in [1.82, 2.24) is 20.0 Å². The maximum absolute atomic E-state index is 12.9. The fraction of sp³-hybridized carbons (Fsp3) is 0.579. The number of likely N-dealkylation sites (tertiary alicyclic amines) is 1. The van der Waals surface area contributed by atoms with Gasteiger partial charge in [0.05, 0.1) is 12.2 Å². The van der Waals surface area contributed by atoms with Gasteiger partial charge in [-0.1, -0.05) is 5.16 Å². The maximum atomic E-state index is 12.9. The lowest BCUT2D eigenvalue weighted by molar-refractivity contribution is 0.0709. The molecule has 1 saturated carbocycles. The van der Waals surface area contributed by atoms with Gasteiger partial charge in [0.15, 0.2) is 5.82 Å². The van der Waals surface area contributed by atoms with Crippen LogP contribution in [0.1, 0.15) is 59.5 Å². The van der Waals surface area contributed by atoms with Crippen LogP contribution in [-0.2, 0) is 11.2 Å². The van der Waals surface area contributed by atoms with Crippen LogP contribution in [0.3, 0.4) is 0 Å². The summed E-state index contributed by atoms with van der Waals surface area (Å²) in [5.74, 6) is 1.90. The van der Waals surface area contributed by atoms with E-state index in [0.717, 1.165) is 31.1 Å². The Hall–Kier alpha value is -2.28. The summed E-state index contributed by atoms with van der Waals surface area (Å²) < 4.78 is 11.1. The van der Waals surface area contributed by atoms with Crippen LogP contribution in [0.2, 0.25) is 0 Å². The van der Waals surface area contributed by atoms with Crippen molar-refractivity contribution in [3.8, 4) is 0 Å². The number of amides is 1. The second-order valence-electron chi connectivity index (χ2n) is 7.11. The van der Waals surface area contributed by atoms with Gasteiger partial charge in [-0.05, 0) is 50.7 Å². The van der Waals surface area contributed by atoms with Gasteiger partial charge in [-0.25, -0.2) is 0 Å². The number of ether oxygens (including phenoxy) is 1. The first kappa shape index (κ1) is 17.1. The lowest BCUT2D eigenvalue weighted by atomic mass is 10.1. The first-order valence-corrected chi connectivity index (χ1v) is 9.35. The Balaban J connectivity index is 1.40. The first-order chi connectivity index (χ1) is 12.7. The van der Waals surface area contributed by atoms with Gasteiger partial charge in [0.2, 0.25) is 5.89 Å². The van der Waals surface area contributed by atoms with Crippen LogP contribution >= 0.6 is 0 Å². The van der Waals surface area contributed by atoms with Crippen LogP contribution in [0, 0.1) is 12.8 Å². The molecule has 1 atom stereocenters. The minimum atomic E-state index is -0.157. The molecule has 138 valence electrons. The Morgan fingerprint density at radius 1 is 1.38 bits per heavy atom. The highest BCUT2D eigenvalue weighted by Gasteiger charge is 2.35. The van der Waals surface area contributed by atoms with Gasteiger partial charge in [0.1, 0.15) is 6.04 Å². The summed E-state index contributed by atoms with van der Waals surface area (Å²) in [6.07, 6.45) is 6.67. The molecule has 2 fully saturated rings. The third-order valence-electron chi connectivity index (χ3n) is 5.04. The van der Waals surface area contributed by atoms with Crippen molar-refractivity contribution in [2.24, 2.45) is 5.92 Å². The average molecular weight is 356 g/mol. The number of hydrogen-bond donors (Lipinski definition) is 0. The predicted octanol–water partition coefficient (Wildman–Crippen LogP) is 2.72. The van der Waals surface area contributed by atoms with E-state index in [1.165, 1.54) is 12.8 Å². The average Bonchev–Trinajstić information content (AvgIpc) is 3.15. The van der Waals surface area contributed by atoms with Gasteiger partial charge in [-0.3, -0.25) is 9.78 Å². The highest BCUT2D eigenvalue weighted by Crippen LogP contribution is 2.32. The zero-order chi connectivity index (χ0) is 17.9. The Kier molecular flexibility index (Phi) is 4.97. The predicted molar refractivity (Wildman–Crippen MR) is 93.5 cm³/mol. The Bertz CT molecular complexity index is 772. The van der Waals surface area contributed by atoms with E-state index in [2.05, 4.69) is 15.1 Å². The lowest BCUT2D eigenvalue weighted by Gasteiger charge is -2.22. The largest absolute Gasteiger partial charge is 0.381 e. The second-order valence-corrected chi connectivity index (χ2v) is 7.11. The number of nitrogens with zero attached hydrogens (tertiary/aromatic N) is 4. The third kappa shape index (κ3) is 3.77. The van der Waals surface area contributed by atoms with Gasteiger partial charge in [-0.15, -0.1) is 0 Å². The van der Waals surface area contributed by atoms with Crippen molar-refractivity contribution in [3.63, 3.8) is 0 Å². The molecule has 0 bridgehead atoms. The molecule has 0 N–H and O–H groups in total. The van der Waals surface area contributed by atoms with E-state index in [-0.39, 0.29) is 11.9 Å². The zero-order valence-corrected chi connectivity index (χ0v) is 15.1. The monoisotopic (exact) mass is 356 g/mol. The summed E-state index contributed by atoms with van der Waals surface area (Å²) in [4.78, 5) is 23.5. The van der Waals surface area contributed by atoms with Crippen molar-refractivity contribution in [2.75, 3.05) is 19.8 Å². The van der Waals surface area contributed by atoms with E-state index in [0.29, 0.717) is 36.9 Å². The summed E-state index contributed by atoms with van der Waals surface area (Å²) in [5.41, 5.74) is 1.37. The molecular weight excluding hydrogens is 332 g/mol. The number of aryl methyl sites for hydroxylation is 1. The minimum absolute atomic E-state index is 0.0226. The van der Waals surface area contributed by atoms with Gasteiger partial charge in [0, 0.05) is 31.5 Å². The van der Waals surface area contributed by atoms with Gasteiger partial charge in [-0.2, -0.15) is 4.98 Å². The molecule has 2 aliphatic rings. The number of aromatic nitrogens is 3. The van der Waals surface area contributed by atoms with Gasteiger partial charge in [0.25, 0.3) is 5.91 Å². The van der Waals surface area contributed by atoms with Gasteiger partial charge >= 0.3 is 0 Å². The standard InChI is InChI=1S/C19H24N4O3/c1-13-15(4-2-9-20-13)19(24)23-10-3-5-16(23)18-21-17(22-26-18)8-11-25-12-14-6-7-14/h2,4,9,14,16H,3,5-8,10-12H2,1H3/t16-/m0/s1. The molecule has 0 spiro atoms. The molecule has 2 aromatic heterocycles. The molecule has 0 radical (unpaired) electrons. The molecule has 1 aliphatic carbocycles. The number of hydrogen-bond acceptors (Lipinski definition) is 6. The van der Waals surface area contributed by atoms with Crippen LogP contribution < -0.4 is 0 Å². The van der Waals surface area contributed by atoms with Crippen LogP contribution in [0.5, 0.6) is 0 Å². The molecule has 26 heavy (non-hydrogen) atoms. The van der Waals surface area contributed by atoms with Crippen LogP contribution in [0.15, 0.2) is 22.9 Å². The van der Waals surface area contributed by atoms with E-state index in [1.54, 1.807) is 12.3 Å². The second kappa shape index (κ2) is 7.53. The van der Waals surface area contributed by atoms with E-state index < -0.39 is 0 Å². The number of pyridine rings is 1. The quantitative estimate of drug-likeness (QED) is 0.710. The summed E-state index contributed by atoms with van der Waals surface area (Å²) in [7, 11) is 0. The lowest BCUT2D eigenvalue weighted by Crippen LogP contribution is -2.31. The molecule has 4 rings (SSSR count). The van der Waals surface area contributed by atoms with Gasteiger partial charge < -0.3 is 14.2 Å². The smallest absolute Gasteiger partial charge is 0.256 e. The van der Waals surface area contributed by atoms with Crippen LogP contribution in [0.25, 0.3) is 0 Å². The number of carbonyl (C=O) groups is 1. The zero-order valence-electron chi connectivity index (χ0n) is 15.1. The van der Waals surface area contributed by atoms with Crippen LogP contribution in [-0.4, -0.2) is 45.7 Å². The van der Waals surface area contributed by atoms with E-state index in [9.17, 15) is 4.79 Å². The molecular formula is C19H24N4O3. The number of rotatable bonds is 7. The van der Waals surface area contributed by atoms with Crippen molar-refractivity contribution in [2.45, 2.75) is 45.1 Å². The summed E-state index contributed by atoms with van der Waals surface area (Å²) >= 11 is 0. The molecule has 0 unspecified atom stereocenters. The molecule has 0 aromatic carbocycles. The molecule has 1 saturated heterocycles. The molecule has 7 heteroatoms. The van der Waals surface area contributed by atoms with Crippen molar-refractivity contribution >= 4 is 5.91 Å². The molecule has 3 heterocycles. The van der Waals surface area contributed by atoms with Crippen molar-refractivity contribution in [3.05, 3.63) is 41.3 Å². The Labute approximate surface area is 152 Å². The normalized spacial score (nSPS) is 19.9. The SMILES string of the molecule is Cc1ncccc1C(=O)N1CCC[C@H]1c1nc(CCOCC2CC2)no1. The minimum Gasteiger partial charge on any atom is -0.381 e.